The van der Waals surface area contributed by atoms with Crippen LogP contribution in [0.3, 0.4) is 0 Å². The summed E-state index contributed by atoms with van der Waals surface area (Å²) in [6, 6.07) is 2.04. The van der Waals surface area contributed by atoms with E-state index in [4.69, 9.17) is 9.47 Å². The number of rotatable bonds is 4. The van der Waals surface area contributed by atoms with Gasteiger partial charge in [0.15, 0.2) is 12.0 Å². The fourth-order valence-corrected chi connectivity index (χ4v) is 3.77. The topological polar surface area (TPSA) is 103 Å². The third-order valence-electron chi connectivity index (χ3n) is 4.49. The summed E-state index contributed by atoms with van der Waals surface area (Å²) in [7, 11) is 0. The minimum atomic E-state index is -1.37. The fourth-order valence-electron chi connectivity index (χ4n) is 3.77. The van der Waals surface area contributed by atoms with Crippen LogP contribution in [-0.4, -0.2) is 30.3 Å². The molecule has 1 aliphatic heterocycles. The molecule has 2 saturated carbocycles. The summed E-state index contributed by atoms with van der Waals surface area (Å²) in [5, 5.41) is 9.32. The van der Waals surface area contributed by atoms with Crippen molar-refractivity contribution in [2.75, 3.05) is 6.61 Å². The van der Waals surface area contributed by atoms with E-state index in [1.54, 1.807) is 0 Å². The van der Waals surface area contributed by atoms with Gasteiger partial charge in [0.05, 0.1) is 12.0 Å². The van der Waals surface area contributed by atoms with Crippen LogP contribution in [0.2, 0.25) is 0 Å². The molecule has 2 bridgehead atoms. The second-order valence-electron chi connectivity index (χ2n) is 5.63. The molecule has 3 fully saturated rings. The summed E-state index contributed by atoms with van der Waals surface area (Å²) in [5.74, 6) is -3.85. The molecule has 4 atom stereocenters. The summed E-state index contributed by atoms with van der Waals surface area (Å²) >= 11 is 0. The number of hydrogen-bond donors (Lipinski definition) is 0. The summed E-state index contributed by atoms with van der Waals surface area (Å²) < 4.78 is 15.1. The van der Waals surface area contributed by atoms with E-state index in [1.165, 1.54) is 0 Å². The van der Waals surface area contributed by atoms with E-state index in [0.717, 1.165) is 6.08 Å². The zero-order valence-corrected chi connectivity index (χ0v) is 11.2. The van der Waals surface area contributed by atoms with Gasteiger partial charge in [-0.1, -0.05) is 6.58 Å². The van der Waals surface area contributed by atoms with Gasteiger partial charge in [-0.2, -0.15) is 5.26 Å². The Morgan fingerprint density at radius 3 is 2.90 bits per heavy atom. The highest BCUT2D eigenvalue weighted by molar-refractivity contribution is 5.86. The lowest BCUT2D eigenvalue weighted by molar-refractivity contribution is -0.225. The Morgan fingerprint density at radius 2 is 2.29 bits per heavy atom. The molecular weight excluding hydrogens is 278 g/mol. The van der Waals surface area contributed by atoms with Gasteiger partial charge in [0.25, 0.3) is 5.79 Å². The van der Waals surface area contributed by atoms with Crippen LogP contribution in [0.4, 0.5) is 0 Å². The van der Waals surface area contributed by atoms with Crippen molar-refractivity contribution in [1.29, 1.82) is 5.26 Å². The summed E-state index contributed by atoms with van der Waals surface area (Å²) in [5.41, 5.74) is -1.19. The van der Waals surface area contributed by atoms with Crippen molar-refractivity contribution in [3.63, 3.8) is 0 Å². The molecule has 7 heteroatoms. The molecule has 0 aromatic carbocycles. The second kappa shape index (κ2) is 4.32. The van der Waals surface area contributed by atoms with Crippen LogP contribution in [-0.2, 0) is 28.6 Å². The molecule has 1 heterocycles. The molecule has 4 unspecified atom stereocenters. The van der Waals surface area contributed by atoms with Crippen molar-refractivity contribution >= 4 is 17.9 Å². The van der Waals surface area contributed by atoms with Gasteiger partial charge in [0, 0.05) is 12.5 Å². The molecule has 1 saturated heterocycles. The van der Waals surface area contributed by atoms with Crippen LogP contribution < -0.4 is 0 Å². The average Bonchev–Trinajstić information content (AvgIpc) is 3.02. The maximum Gasteiger partial charge on any atom is 0.347 e. The Morgan fingerprint density at radius 1 is 1.52 bits per heavy atom. The van der Waals surface area contributed by atoms with Gasteiger partial charge < -0.3 is 14.2 Å². The third-order valence-corrected chi connectivity index (χ3v) is 4.49. The molecule has 0 N–H and O–H groups in total. The Balaban J connectivity index is 1.74. The predicted molar refractivity (Wildman–Crippen MR) is 64.9 cm³/mol. The molecule has 7 nitrogen and oxygen atoms in total. The van der Waals surface area contributed by atoms with Crippen molar-refractivity contribution in [2.24, 2.45) is 17.3 Å². The van der Waals surface area contributed by atoms with Crippen molar-refractivity contribution in [2.45, 2.75) is 25.0 Å². The van der Waals surface area contributed by atoms with Crippen LogP contribution >= 0.6 is 0 Å². The van der Waals surface area contributed by atoms with Gasteiger partial charge in [-0.3, -0.25) is 4.79 Å². The lowest BCUT2D eigenvalue weighted by atomic mass is 9.74. The molecular formula is C14H13NO6. The lowest BCUT2D eigenvalue weighted by Crippen LogP contribution is -2.43. The van der Waals surface area contributed by atoms with Gasteiger partial charge in [-0.05, 0) is 18.8 Å². The molecule has 21 heavy (non-hydrogen) atoms. The SMILES string of the molecule is C=CC(=O)OCC(=O)OC12CC3CC1C(C#N)(C3)C(=O)O2. The zero-order chi connectivity index (χ0) is 15.3. The Labute approximate surface area is 120 Å². The standard InChI is InChI=1S/C14H13NO6/c1-2-10(16)19-6-11(17)20-14-5-8-3-9(14)13(4-8,7-15)12(18)21-14/h2,8-9H,1,3-6H2. The van der Waals surface area contributed by atoms with E-state index in [2.05, 4.69) is 11.3 Å². The normalized spacial score (nSPS) is 38.5. The minimum Gasteiger partial charge on any atom is -0.451 e. The van der Waals surface area contributed by atoms with E-state index < -0.39 is 41.6 Å². The molecule has 3 aliphatic rings. The highest BCUT2D eigenvalue weighted by Crippen LogP contribution is 2.66. The third kappa shape index (κ3) is 1.75. The van der Waals surface area contributed by atoms with Crippen LogP contribution in [0.1, 0.15) is 19.3 Å². The van der Waals surface area contributed by atoms with E-state index in [1.807, 2.05) is 6.07 Å². The van der Waals surface area contributed by atoms with Gasteiger partial charge in [-0.25, -0.2) is 9.59 Å². The number of fused-ring (bicyclic) bond motifs is 1. The molecule has 0 spiro atoms. The fraction of sp³-hybridized carbons (Fsp3) is 0.571. The first-order chi connectivity index (χ1) is 9.95. The number of hydrogen-bond acceptors (Lipinski definition) is 7. The highest BCUT2D eigenvalue weighted by atomic mass is 16.7. The molecule has 0 radical (unpaired) electrons. The van der Waals surface area contributed by atoms with Crippen molar-refractivity contribution in [3.05, 3.63) is 12.7 Å². The maximum atomic E-state index is 12.0. The van der Waals surface area contributed by atoms with Gasteiger partial charge >= 0.3 is 17.9 Å². The Bertz CT molecular complexity index is 593. The number of nitriles is 1. The Hall–Kier alpha value is -2.36. The van der Waals surface area contributed by atoms with Crippen LogP contribution in [0, 0.1) is 28.6 Å². The summed E-state index contributed by atoms with van der Waals surface area (Å²) in [4.78, 5) is 34.7. The van der Waals surface area contributed by atoms with Crippen molar-refractivity contribution in [1.82, 2.24) is 0 Å². The number of ether oxygens (including phenoxy) is 3. The first-order valence-electron chi connectivity index (χ1n) is 6.61. The smallest absolute Gasteiger partial charge is 0.347 e. The summed E-state index contributed by atoms with van der Waals surface area (Å²) in [6.45, 7) is 2.63. The van der Waals surface area contributed by atoms with E-state index in [9.17, 15) is 19.6 Å². The first-order valence-corrected chi connectivity index (χ1v) is 6.61. The lowest BCUT2D eigenvalue weighted by Gasteiger charge is -2.31. The van der Waals surface area contributed by atoms with Crippen LogP contribution in [0.25, 0.3) is 0 Å². The monoisotopic (exact) mass is 291 g/mol. The number of carbonyl (C=O) groups excluding carboxylic acids is 3. The summed E-state index contributed by atoms with van der Waals surface area (Å²) in [6.07, 6.45) is 2.41. The quantitative estimate of drug-likeness (QED) is 0.547. The Kier molecular flexibility index (Phi) is 2.80. The highest BCUT2D eigenvalue weighted by Gasteiger charge is 2.76. The largest absolute Gasteiger partial charge is 0.451 e. The molecule has 0 aromatic rings. The van der Waals surface area contributed by atoms with Crippen molar-refractivity contribution in [3.8, 4) is 6.07 Å². The van der Waals surface area contributed by atoms with E-state index in [0.29, 0.717) is 19.3 Å². The van der Waals surface area contributed by atoms with Crippen molar-refractivity contribution < 1.29 is 28.6 Å². The molecule has 0 amide bonds. The van der Waals surface area contributed by atoms with Gasteiger partial charge in [0.1, 0.15) is 0 Å². The number of nitrogens with zero attached hydrogens (tertiary/aromatic N) is 1. The number of esters is 3. The molecule has 0 aromatic heterocycles. The van der Waals surface area contributed by atoms with Crippen LogP contribution in [0.15, 0.2) is 12.7 Å². The predicted octanol–water partition coefficient (Wildman–Crippen LogP) is 0.452. The maximum absolute atomic E-state index is 12.0. The van der Waals surface area contributed by atoms with E-state index in [-0.39, 0.29) is 5.92 Å². The van der Waals surface area contributed by atoms with Gasteiger partial charge in [-0.15, -0.1) is 0 Å². The second-order valence-corrected chi connectivity index (χ2v) is 5.63. The zero-order valence-electron chi connectivity index (χ0n) is 11.2. The molecule has 3 rings (SSSR count). The molecule has 2 aliphatic carbocycles. The minimum absolute atomic E-state index is 0.129. The van der Waals surface area contributed by atoms with Gasteiger partial charge in [0.2, 0.25) is 0 Å². The number of carbonyl (C=O) groups is 3. The van der Waals surface area contributed by atoms with Crippen LogP contribution in [0.5, 0.6) is 0 Å². The average molecular weight is 291 g/mol. The first kappa shape index (κ1) is 13.6. The van der Waals surface area contributed by atoms with E-state index >= 15 is 0 Å². The molecule has 110 valence electrons.